The van der Waals surface area contributed by atoms with Crippen molar-refractivity contribution in [2.75, 3.05) is 6.61 Å². The zero-order valence-electron chi connectivity index (χ0n) is 8.63. The van der Waals surface area contributed by atoms with Crippen LogP contribution in [0.2, 0.25) is 0 Å². The number of hydrogen-bond donors (Lipinski definition) is 1. The highest BCUT2D eigenvalue weighted by Gasteiger charge is 2.33. The molecule has 0 bridgehead atoms. The van der Waals surface area contributed by atoms with E-state index in [-0.39, 0.29) is 11.5 Å². The van der Waals surface area contributed by atoms with Crippen LogP contribution in [-0.4, -0.2) is 18.8 Å². The van der Waals surface area contributed by atoms with E-state index in [1.165, 1.54) is 0 Å². The first-order valence-corrected chi connectivity index (χ1v) is 4.78. The predicted octanol–water partition coefficient (Wildman–Crippen LogP) is 1.78. The minimum absolute atomic E-state index is 0.206. The molecule has 2 N–H and O–H groups in total. The van der Waals surface area contributed by atoms with E-state index in [4.69, 9.17) is 10.5 Å². The third-order valence-corrected chi connectivity index (χ3v) is 2.74. The molecule has 72 valence electrons. The van der Waals surface area contributed by atoms with Gasteiger partial charge in [-0.25, -0.2) is 0 Å². The van der Waals surface area contributed by atoms with Crippen molar-refractivity contribution in [1.29, 1.82) is 0 Å². The third-order valence-electron chi connectivity index (χ3n) is 2.74. The van der Waals surface area contributed by atoms with Crippen LogP contribution in [0.3, 0.4) is 0 Å². The van der Waals surface area contributed by atoms with Crippen LogP contribution in [0.1, 0.15) is 34.1 Å². The monoisotopic (exact) mass is 171 g/mol. The molecule has 3 unspecified atom stereocenters. The molecule has 0 aromatic heterocycles. The molecule has 12 heavy (non-hydrogen) atoms. The molecule has 0 aromatic carbocycles. The van der Waals surface area contributed by atoms with Gasteiger partial charge in [-0.3, -0.25) is 0 Å². The summed E-state index contributed by atoms with van der Waals surface area (Å²) in [4.78, 5) is 0. The number of nitrogens with two attached hydrogens (primary N) is 1. The van der Waals surface area contributed by atoms with Crippen LogP contribution in [0.25, 0.3) is 0 Å². The Hall–Kier alpha value is -0.0800. The second kappa shape index (κ2) is 3.35. The van der Waals surface area contributed by atoms with Gasteiger partial charge in [0.15, 0.2) is 0 Å². The van der Waals surface area contributed by atoms with Crippen molar-refractivity contribution in [3.63, 3.8) is 0 Å². The van der Waals surface area contributed by atoms with Crippen molar-refractivity contribution in [2.45, 2.75) is 46.3 Å². The van der Waals surface area contributed by atoms with Crippen molar-refractivity contribution >= 4 is 0 Å². The fourth-order valence-electron chi connectivity index (χ4n) is 1.81. The molecule has 0 aromatic rings. The van der Waals surface area contributed by atoms with Crippen molar-refractivity contribution in [2.24, 2.45) is 17.1 Å². The summed E-state index contributed by atoms with van der Waals surface area (Å²) in [5.41, 5.74) is 6.34. The van der Waals surface area contributed by atoms with Crippen LogP contribution in [-0.2, 0) is 4.74 Å². The first kappa shape index (κ1) is 10.0. The van der Waals surface area contributed by atoms with Crippen molar-refractivity contribution in [1.82, 2.24) is 0 Å². The SMILES string of the molecule is CC1CC(C(N)C(C)(C)C)CO1. The quantitative estimate of drug-likeness (QED) is 0.652. The maximum atomic E-state index is 6.14. The van der Waals surface area contributed by atoms with Crippen LogP contribution in [0.5, 0.6) is 0 Å². The van der Waals surface area contributed by atoms with Gasteiger partial charge in [-0.05, 0) is 18.8 Å². The second-order valence-electron chi connectivity index (χ2n) is 5.03. The third kappa shape index (κ3) is 2.20. The highest BCUT2D eigenvalue weighted by Crippen LogP contribution is 2.30. The molecule has 1 heterocycles. The normalized spacial score (nSPS) is 33.8. The molecule has 1 aliphatic rings. The fourth-order valence-corrected chi connectivity index (χ4v) is 1.81. The lowest BCUT2D eigenvalue weighted by Crippen LogP contribution is -2.42. The smallest absolute Gasteiger partial charge is 0.0551 e. The summed E-state index contributed by atoms with van der Waals surface area (Å²) in [5.74, 6) is 0.556. The van der Waals surface area contributed by atoms with E-state index >= 15 is 0 Å². The van der Waals surface area contributed by atoms with Crippen LogP contribution in [0.15, 0.2) is 0 Å². The van der Waals surface area contributed by atoms with E-state index in [9.17, 15) is 0 Å². The van der Waals surface area contributed by atoms with Gasteiger partial charge >= 0.3 is 0 Å². The van der Waals surface area contributed by atoms with Gasteiger partial charge in [-0.2, -0.15) is 0 Å². The zero-order valence-corrected chi connectivity index (χ0v) is 8.63. The minimum Gasteiger partial charge on any atom is -0.378 e. The minimum atomic E-state index is 0.206. The Morgan fingerprint density at radius 2 is 2.00 bits per heavy atom. The van der Waals surface area contributed by atoms with Gasteiger partial charge in [0.05, 0.1) is 12.7 Å². The Morgan fingerprint density at radius 3 is 2.33 bits per heavy atom. The molecule has 2 nitrogen and oxygen atoms in total. The maximum absolute atomic E-state index is 6.14. The van der Waals surface area contributed by atoms with E-state index in [1.807, 2.05) is 0 Å². The summed E-state index contributed by atoms with van der Waals surface area (Å²) in [7, 11) is 0. The highest BCUT2D eigenvalue weighted by atomic mass is 16.5. The maximum Gasteiger partial charge on any atom is 0.0551 e. The summed E-state index contributed by atoms with van der Waals surface area (Å²) in [6.45, 7) is 9.55. The molecule has 0 saturated carbocycles. The van der Waals surface area contributed by atoms with Crippen LogP contribution in [0.4, 0.5) is 0 Å². The van der Waals surface area contributed by atoms with E-state index in [2.05, 4.69) is 27.7 Å². The lowest BCUT2D eigenvalue weighted by molar-refractivity contribution is 0.112. The van der Waals surface area contributed by atoms with Gasteiger partial charge in [-0.1, -0.05) is 20.8 Å². The Bertz CT molecular complexity index is 150. The number of ether oxygens (including phenoxy) is 1. The Labute approximate surface area is 75.5 Å². The van der Waals surface area contributed by atoms with Gasteiger partial charge < -0.3 is 10.5 Å². The highest BCUT2D eigenvalue weighted by molar-refractivity contribution is 4.87. The molecule has 2 heteroatoms. The molecule has 0 spiro atoms. The first-order chi connectivity index (χ1) is 5.41. The Kier molecular flexibility index (Phi) is 2.79. The van der Waals surface area contributed by atoms with E-state index in [1.54, 1.807) is 0 Å². The summed E-state index contributed by atoms with van der Waals surface area (Å²) in [5, 5.41) is 0. The van der Waals surface area contributed by atoms with E-state index in [0.717, 1.165) is 13.0 Å². The second-order valence-corrected chi connectivity index (χ2v) is 5.03. The van der Waals surface area contributed by atoms with Crippen molar-refractivity contribution in [3.8, 4) is 0 Å². The standard InChI is InChI=1S/C10H21NO/c1-7-5-8(6-12-7)9(11)10(2,3)4/h7-9H,5-6,11H2,1-4H3. The molecule has 1 rings (SSSR count). The van der Waals surface area contributed by atoms with Crippen molar-refractivity contribution < 1.29 is 4.74 Å². The van der Waals surface area contributed by atoms with Gasteiger partial charge in [-0.15, -0.1) is 0 Å². The summed E-state index contributed by atoms with van der Waals surface area (Å²) < 4.78 is 5.50. The van der Waals surface area contributed by atoms with Gasteiger partial charge in [0.2, 0.25) is 0 Å². The molecule has 3 atom stereocenters. The molecule has 0 radical (unpaired) electrons. The zero-order chi connectivity index (χ0) is 9.35. The lowest BCUT2D eigenvalue weighted by atomic mass is 9.79. The van der Waals surface area contributed by atoms with Crippen molar-refractivity contribution in [3.05, 3.63) is 0 Å². The molecular weight excluding hydrogens is 150 g/mol. The van der Waals surface area contributed by atoms with Crippen LogP contribution >= 0.6 is 0 Å². The lowest BCUT2D eigenvalue weighted by Gasteiger charge is -2.31. The topological polar surface area (TPSA) is 35.2 Å². The predicted molar refractivity (Wildman–Crippen MR) is 51.0 cm³/mol. The summed E-state index contributed by atoms with van der Waals surface area (Å²) in [6.07, 6.45) is 1.53. The molecule has 1 saturated heterocycles. The average Bonchev–Trinajstić information content (AvgIpc) is 2.32. The largest absolute Gasteiger partial charge is 0.378 e. The Morgan fingerprint density at radius 1 is 1.42 bits per heavy atom. The summed E-state index contributed by atoms with van der Waals surface area (Å²) >= 11 is 0. The molecule has 1 fully saturated rings. The van der Waals surface area contributed by atoms with E-state index in [0.29, 0.717) is 12.0 Å². The average molecular weight is 171 g/mol. The van der Waals surface area contributed by atoms with Crippen LogP contribution < -0.4 is 5.73 Å². The molecule has 1 aliphatic heterocycles. The van der Waals surface area contributed by atoms with Gasteiger partial charge in [0.25, 0.3) is 0 Å². The Balaban J connectivity index is 2.48. The van der Waals surface area contributed by atoms with Gasteiger partial charge in [0, 0.05) is 12.0 Å². The fraction of sp³-hybridized carbons (Fsp3) is 1.00. The molecular formula is C10H21NO. The molecule has 0 amide bonds. The molecule has 0 aliphatic carbocycles. The number of rotatable bonds is 1. The number of hydrogen-bond acceptors (Lipinski definition) is 2. The first-order valence-electron chi connectivity index (χ1n) is 4.78. The van der Waals surface area contributed by atoms with E-state index < -0.39 is 0 Å². The van der Waals surface area contributed by atoms with Crippen LogP contribution in [0, 0.1) is 11.3 Å². The van der Waals surface area contributed by atoms with Gasteiger partial charge in [0.1, 0.15) is 0 Å². The summed E-state index contributed by atoms with van der Waals surface area (Å²) in [6, 6.07) is 0.266.